The minimum atomic E-state index is 0.551. The number of halogens is 1. The third-order valence-corrected chi connectivity index (χ3v) is 3.08. The highest BCUT2D eigenvalue weighted by Gasteiger charge is 1.98. The van der Waals surface area contributed by atoms with E-state index in [9.17, 15) is 0 Å². The van der Waals surface area contributed by atoms with E-state index < -0.39 is 0 Å². The highest BCUT2D eigenvalue weighted by Crippen LogP contribution is 2.19. The van der Waals surface area contributed by atoms with Crippen molar-refractivity contribution in [2.75, 3.05) is 13.2 Å². The van der Waals surface area contributed by atoms with E-state index in [4.69, 9.17) is 9.47 Å². The van der Waals surface area contributed by atoms with Gasteiger partial charge >= 0.3 is 0 Å². The van der Waals surface area contributed by atoms with Crippen molar-refractivity contribution in [2.45, 2.75) is 0 Å². The van der Waals surface area contributed by atoms with Gasteiger partial charge in [0.2, 0.25) is 0 Å². The fourth-order valence-electron chi connectivity index (χ4n) is 1.39. The van der Waals surface area contributed by atoms with E-state index in [1.165, 1.54) is 0 Å². The zero-order chi connectivity index (χ0) is 11.9. The molecule has 2 aromatic carbocycles. The Morgan fingerprint density at radius 1 is 0.765 bits per heavy atom. The Bertz CT molecular complexity index is 457. The van der Waals surface area contributed by atoms with Gasteiger partial charge < -0.3 is 9.47 Å². The summed E-state index contributed by atoms with van der Waals surface area (Å²) in [6, 6.07) is 17.7. The molecule has 2 aromatic rings. The van der Waals surface area contributed by atoms with Gasteiger partial charge in [-0.25, -0.2) is 0 Å². The topological polar surface area (TPSA) is 18.5 Å². The number of ether oxygens (including phenoxy) is 2. The van der Waals surface area contributed by atoms with Crippen molar-refractivity contribution in [1.29, 1.82) is 0 Å². The first kappa shape index (κ1) is 12.2. The molecule has 0 saturated heterocycles. The number of hydrogen-bond donors (Lipinski definition) is 0. The first-order valence-electron chi connectivity index (χ1n) is 5.41. The SMILES string of the molecule is Ic1ccccc1OCCOc1ccccc1. The van der Waals surface area contributed by atoms with Gasteiger partial charge in [-0.1, -0.05) is 30.3 Å². The van der Waals surface area contributed by atoms with Gasteiger partial charge in [-0.15, -0.1) is 0 Å². The normalized spacial score (nSPS) is 9.94. The van der Waals surface area contributed by atoms with Gasteiger partial charge in [0.05, 0.1) is 3.57 Å². The molecule has 0 heterocycles. The van der Waals surface area contributed by atoms with Crippen LogP contribution in [-0.2, 0) is 0 Å². The third-order valence-electron chi connectivity index (χ3n) is 2.19. The van der Waals surface area contributed by atoms with E-state index in [-0.39, 0.29) is 0 Å². The van der Waals surface area contributed by atoms with Gasteiger partial charge in [0, 0.05) is 0 Å². The molecule has 0 bridgehead atoms. The molecule has 2 nitrogen and oxygen atoms in total. The Hall–Kier alpha value is -1.23. The van der Waals surface area contributed by atoms with E-state index in [1.807, 2.05) is 54.6 Å². The lowest BCUT2D eigenvalue weighted by atomic mass is 10.3. The largest absolute Gasteiger partial charge is 0.490 e. The standard InChI is InChI=1S/C14H13IO2/c15-13-8-4-5-9-14(13)17-11-10-16-12-6-2-1-3-7-12/h1-9H,10-11H2. The predicted molar refractivity (Wildman–Crippen MR) is 76.6 cm³/mol. The lowest BCUT2D eigenvalue weighted by Crippen LogP contribution is -2.09. The van der Waals surface area contributed by atoms with E-state index >= 15 is 0 Å². The molecular formula is C14H13IO2. The zero-order valence-electron chi connectivity index (χ0n) is 9.30. The summed E-state index contributed by atoms with van der Waals surface area (Å²) in [6.45, 7) is 1.10. The van der Waals surface area contributed by atoms with E-state index in [0.29, 0.717) is 13.2 Å². The Kier molecular flexibility index (Phi) is 4.67. The van der Waals surface area contributed by atoms with Crippen molar-refractivity contribution < 1.29 is 9.47 Å². The molecule has 0 fully saturated rings. The molecule has 0 atom stereocenters. The van der Waals surface area contributed by atoms with Gasteiger partial charge in [-0.3, -0.25) is 0 Å². The number of benzene rings is 2. The van der Waals surface area contributed by atoms with Crippen molar-refractivity contribution in [3.63, 3.8) is 0 Å². The second-order valence-electron chi connectivity index (χ2n) is 3.44. The summed E-state index contributed by atoms with van der Waals surface area (Å²) in [5.74, 6) is 1.78. The van der Waals surface area contributed by atoms with Crippen LogP contribution in [0.4, 0.5) is 0 Å². The summed E-state index contributed by atoms with van der Waals surface area (Å²) in [6.07, 6.45) is 0. The van der Waals surface area contributed by atoms with Crippen molar-refractivity contribution in [3.8, 4) is 11.5 Å². The van der Waals surface area contributed by atoms with Gasteiger partial charge in [0.15, 0.2) is 0 Å². The molecule has 0 amide bonds. The summed E-state index contributed by atoms with van der Waals surface area (Å²) in [5.41, 5.74) is 0. The summed E-state index contributed by atoms with van der Waals surface area (Å²) in [5, 5.41) is 0. The Labute approximate surface area is 115 Å². The minimum absolute atomic E-state index is 0.551. The van der Waals surface area contributed by atoms with Crippen LogP contribution < -0.4 is 9.47 Å². The molecule has 2 rings (SSSR count). The molecule has 3 heteroatoms. The van der Waals surface area contributed by atoms with Crippen LogP contribution in [0, 0.1) is 3.57 Å². The van der Waals surface area contributed by atoms with Crippen molar-refractivity contribution in [3.05, 3.63) is 58.2 Å². The van der Waals surface area contributed by atoms with Gasteiger partial charge in [0.1, 0.15) is 24.7 Å². The van der Waals surface area contributed by atoms with E-state index in [0.717, 1.165) is 15.1 Å². The van der Waals surface area contributed by atoms with Crippen LogP contribution in [0.5, 0.6) is 11.5 Å². The Balaban J connectivity index is 1.76. The lowest BCUT2D eigenvalue weighted by Gasteiger charge is -2.09. The van der Waals surface area contributed by atoms with Crippen molar-refractivity contribution in [1.82, 2.24) is 0 Å². The fourth-order valence-corrected chi connectivity index (χ4v) is 1.93. The van der Waals surface area contributed by atoms with Crippen molar-refractivity contribution in [2.24, 2.45) is 0 Å². The maximum absolute atomic E-state index is 5.63. The Morgan fingerprint density at radius 2 is 1.41 bits per heavy atom. The van der Waals surface area contributed by atoms with E-state index in [2.05, 4.69) is 22.6 Å². The smallest absolute Gasteiger partial charge is 0.132 e. The number of rotatable bonds is 5. The summed E-state index contributed by atoms with van der Waals surface area (Å²) >= 11 is 2.26. The lowest BCUT2D eigenvalue weighted by molar-refractivity contribution is 0.216. The van der Waals surface area contributed by atoms with Gasteiger partial charge in [-0.2, -0.15) is 0 Å². The molecule has 0 aromatic heterocycles. The van der Waals surface area contributed by atoms with Crippen LogP contribution in [0.2, 0.25) is 0 Å². The second kappa shape index (κ2) is 6.49. The molecule has 17 heavy (non-hydrogen) atoms. The molecule has 0 unspecified atom stereocenters. The molecule has 0 aliphatic rings. The molecule has 0 N–H and O–H groups in total. The summed E-state index contributed by atoms with van der Waals surface area (Å²) < 4.78 is 12.3. The third kappa shape index (κ3) is 3.93. The average Bonchev–Trinajstić information content (AvgIpc) is 2.38. The number of para-hydroxylation sites is 2. The first-order chi connectivity index (χ1) is 8.36. The molecule has 0 saturated carbocycles. The van der Waals surface area contributed by atoms with Crippen LogP contribution in [0.25, 0.3) is 0 Å². The molecule has 0 aliphatic heterocycles. The quantitative estimate of drug-likeness (QED) is 0.610. The van der Waals surface area contributed by atoms with Crippen LogP contribution in [-0.4, -0.2) is 13.2 Å². The predicted octanol–water partition coefficient (Wildman–Crippen LogP) is 3.75. The summed E-state index contributed by atoms with van der Waals surface area (Å²) in [7, 11) is 0. The van der Waals surface area contributed by atoms with Crippen molar-refractivity contribution >= 4 is 22.6 Å². The first-order valence-corrected chi connectivity index (χ1v) is 6.49. The monoisotopic (exact) mass is 340 g/mol. The number of hydrogen-bond acceptors (Lipinski definition) is 2. The Morgan fingerprint density at radius 3 is 2.18 bits per heavy atom. The maximum Gasteiger partial charge on any atom is 0.132 e. The minimum Gasteiger partial charge on any atom is -0.490 e. The van der Waals surface area contributed by atoms with Crippen LogP contribution in [0.15, 0.2) is 54.6 Å². The highest BCUT2D eigenvalue weighted by atomic mass is 127. The molecule has 0 spiro atoms. The van der Waals surface area contributed by atoms with Gasteiger partial charge in [0.25, 0.3) is 0 Å². The van der Waals surface area contributed by atoms with E-state index in [1.54, 1.807) is 0 Å². The van der Waals surface area contributed by atoms with Crippen LogP contribution >= 0.6 is 22.6 Å². The molecular weight excluding hydrogens is 327 g/mol. The maximum atomic E-state index is 5.63. The molecule has 0 aliphatic carbocycles. The zero-order valence-corrected chi connectivity index (χ0v) is 11.5. The fraction of sp³-hybridized carbons (Fsp3) is 0.143. The van der Waals surface area contributed by atoms with Crippen LogP contribution in [0.1, 0.15) is 0 Å². The van der Waals surface area contributed by atoms with Gasteiger partial charge in [-0.05, 0) is 46.9 Å². The molecule has 0 radical (unpaired) electrons. The summed E-state index contributed by atoms with van der Waals surface area (Å²) in [4.78, 5) is 0. The average molecular weight is 340 g/mol. The second-order valence-corrected chi connectivity index (χ2v) is 4.60. The highest BCUT2D eigenvalue weighted by molar-refractivity contribution is 14.1. The molecule has 88 valence electrons. The van der Waals surface area contributed by atoms with Crippen LogP contribution in [0.3, 0.4) is 0 Å².